The smallest absolute Gasteiger partial charge is 0.419 e. The lowest BCUT2D eigenvalue weighted by atomic mass is 10.2. The molecule has 1 aliphatic carbocycles. The molecule has 1 N–H and O–H groups in total. The Bertz CT molecular complexity index is 187. The van der Waals surface area contributed by atoms with Crippen molar-refractivity contribution in [2.24, 2.45) is 0 Å². The van der Waals surface area contributed by atoms with Crippen molar-refractivity contribution >= 4 is 18.3 Å². The second-order valence-electron chi connectivity index (χ2n) is 2.82. The molecule has 0 unspecified atom stereocenters. The number of hydrogen-bond donors (Lipinski definition) is 1. The summed E-state index contributed by atoms with van der Waals surface area (Å²) in [5.41, 5.74) is 0. The summed E-state index contributed by atoms with van der Waals surface area (Å²) >= 11 is 0.976. The molecule has 5 heteroatoms. The van der Waals surface area contributed by atoms with Crippen LogP contribution in [0.5, 0.6) is 0 Å². The van der Waals surface area contributed by atoms with Crippen LogP contribution in [0, 0.1) is 0 Å². The van der Waals surface area contributed by atoms with Gasteiger partial charge in [-0.05, 0) is 19.3 Å². The van der Waals surface area contributed by atoms with Crippen LogP contribution in [0.2, 0.25) is 0 Å². The SMILES string of the molecule is O=C(O)N1SO[C@@H]2CCC[C@@H]21. The van der Waals surface area contributed by atoms with Crippen molar-refractivity contribution in [2.45, 2.75) is 31.4 Å². The van der Waals surface area contributed by atoms with E-state index in [-0.39, 0.29) is 12.1 Å². The number of rotatable bonds is 0. The van der Waals surface area contributed by atoms with E-state index in [1.54, 1.807) is 0 Å². The maximum atomic E-state index is 10.6. The molecule has 2 aliphatic rings. The zero-order valence-electron chi connectivity index (χ0n) is 5.90. The second kappa shape index (κ2) is 2.57. The molecule has 1 amide bonds. The van der Waals surface area contributed by atoms with Crippen LogP contribution in [0.3, 0.4) is 0 Å². The highest BCUT2D eigenvalue weighted by molar-refractivity contribution is 7.93. The Hall–Kier alpha value is -0.420. The Morgan fingerprint density at radius 1 is 1.64 bits per heavy atom. The summed E-state index contributed by atoms with van der Waals surface area (Å²) < 4.78 is 6.53. The summed E-state index contributed by atoms with van der Waals surface area (Å²) in [6.07, 6.45) is 2.30. The Morgan fingerprint density at radius 3 is 3.18 bits per heavy atom. The van der Waals surface area contributed by atoms with E-state index in [1.165, 1.54) is 4.31 Å². The molecule has 0 bridgehead atoms. The van der Waals surface area contributed by atoms with Gasteiger partial charge in [-0.2, -0.15) is 0 Å². The Labute approximate surface area is 68.8 Å². The van der Waals surface area contributed by atoms with Crippen LogP contribution in [-0.2, 0) is 4.18 Å². The van der Waals surface area contributed by atoms with Crippen molar-refractivity contribution in [1.82, 2.24) is 4.31 Å². The topological polar surface area (TPSA) is 49.8 Å². The third kappa shape index (κ3) is 1.08. The number of hydrogen-bond acceptors (Lipinski definition) is 3. The molecular weight excluding hydrogens is 166 g/mol. The van der Waals surface area contributed by atoms with E-state index in [0.29, 0.717) is 0 Å². The zero-order valence-corrected chi connectivity index (χ0v) is 6.71. The first-order valence-corrected chi connectivity index (χ1v) is 4.34. The highest BCUT2D eigenvalue weighted by atomic mass is 32.2. The van der Waals surface area contributed by atoms with Crippen LogP contribution in [0.15, 0.2) is 0 Å². The van der Waals surface area contributed by atoms with Gasteiger partial charge in [0.05, 0.1) is 12.1 Å². The van der Waals surface area contributed by atoms with Crippen LogP contribution in [0.25, 0.3) is 0 Å². The minimum absolute atomic E-state index is 0.109. The van der Waals surface area contributed by atoms with Crippen molar-refractivity contribution in [3.8, 4) is 0 Å². The summed E-state index contributed by atoms with van der Waals surface area (Å²) in [6, 6.07) is 0.109. The highest BCUT2D eigenvalue weighted by Crippen LogP contribution is 2.39. The minimum atomic E-state index is -0.885. The van der Waals surface area contributed by atoms with E-state index < -0.39 is 6.09 Å². The van der Waals surface area contributed by atoms with Gasteiger partial charge in [-0.3, -0.25) is 4.18 Å². The van der Waals surface area contributed by atoms with E-state index in [4.69, 9.17) is 9.29 Å². The van der Waals surface area contributed by atoms with Gasteiger partial charge in [0, 0.05) is 0 Å². The molecular formula is C6H9NO3S. The molecule has 4 nitrogen and oxygen atoms in total. The number of carbonyl (C=O) groups is 1. The summed E-state index contributed by atoms with van der Waals surface area (Å²) in [6.45, 7) is 0. The molecule has 2 atom stereocenters. The maximum absolute atomic E-state index is 10.6. The predicted octanol–water partition coefficient (Wildman–Crippen LogP) is 1.48. The van der Waals surface area contributed by atoms with Gasteiger partial charge in [-0.1, -0.05) is 0 Å². The molecule has 1 saturated heterocycles. The van der Waals surface area contributed by atoms with Crippen molar-refractivity contribution in [3.05, 3.63) is 0 Å². The molecule has 62 valence electrons. The summed E-state index contributed by atoms with van der Waals surface area (Å²) in [5, 5.41) is 8.69. The highest BCUT2D eigenvalue weighted by Gasteiger charge is 2.42. The first-order valence-electron chi connectivity index (χ1n) is 3.64. The van der Waals surface area contributed by atoms with Crippen LogP contribution < -0.4 is 0 Å². The zero-order chi connectivity index (χ0) is 7.84. The number of amides is 1. The minimum Gasteiger partial charge on any atom is -0.464 e. The number of carboxylic acid groups (broad SMARTS) is 1. The lowest BCUT2D eigenvalue weighted by Gasteiger charge is -2.14. The van der Waals surface area contributed by atoms with Gasteiger partial charge >= 0.3 is 6.09 Å². The molecule has 0 aromatic rings. The molecule has 2 fully saturated rings. The fraction of sp³-hybridized carbons (Fsp3) is 0.833. The van der Waals surface area contributed by atoms with Gasteiger partial charge in [-0.25, -0.2) is 9.10 Å². The van der Waals surface area contributed by atoms with Gasteiger partial charge in [0.1, 0.15) is 12.2 Å². The number of nitrogens with zero attached hydrogens (tertiary/aromatic N) is 1. The average Bonchev–Trinajstić information content (AvgIpc) is 2.41. The van der Waals surface area contributed by atoms with E-state index in [9.17, 15) is 4.79 Å². The molecule has 0 spiro atoms. The third-order valence-electron chi connectivity index (χ3n) is 2.15. The van der Waals surface area contributed by atoms with E-state index in [0.717, 1.165) is 31.5 Å². The van der Waals surface area contributed by atoms with E-state index in [1.807, 2.05) is 0 Å². The molecule has 1 heterocycles. The first-order chi connectivity index (χ1) is 5.29. The van der Waals surface area contributed by atoms with Gasteiger partial charge in [0.2, 0.25) is 0 Å². The molecule has 11 heavy (non-hydrogen) atoms. The normalized spacial score (nSPS) is 35.8. The Kier molecular flexibility index (Phi) is 1.69. The van der Waals surface area contributed by atoms with E-state index in [2.05, 4.69) is 0 Å². The van der Waals surface area contributed by atoms with Crippen LogP contribution >= 0.6 is 12.2 Å². The lowest BCUT2D eigenvalue weighted by Crippen LogP contribution is -2.32. The predicted molar refractivity (Wildman–Crippen MR) is 40.0 cm³/mol. The second-order valence-corrected chi connectivity index (χ2v) is 3.55. The monoisotopic (exact) mass is 175 g/mol. The molecule has 1 saturated carbocycles. The lowest BCUT2D eigenvalue weighted by molar-refractivity contribution is 0.159. The fourth-order valence-electron chi connectivity index (χ4n) is 1.62. The molecule has 1 aliphatic heterocycles. The molecule has 2 rings (SSSR count). The summed E-state index contributed by atoms with van der Waals surface area (Å²) in [5.74, 6) is 0. The molecule has 0 radical (unpaired) electrons. The standard InChI is InChI=1S/C6H9NO3S/c8-6(9)7-4-2-1-3-5(4)10-11-7/h4-5H,1-3H2,(H,8,9)/t4-,5+/m0/s1. The fourth-order valence-corrected chi connectivity index (χ4v) is 2.46. The van der Waals surface area contributed by atoms with Gasteiger partial charge in [0.15, 0.2) is 0 Å². The molecule has 0 aromatic heterocycles. The van der Waals surface area contributed by atoms with Crippen molar-refractivity contribution in [2.75, 3.05) is 0 Å². The number of fused-ring (bicyclic) bond motifs is 1. The Morgan fingerprint density at radius 2 is 2.45 bits per heavy atom. The summed E-state index contributed by atoms with van der Waals surface area (Å²) in [4.78, 5) is 10.6. The third-order valence-corrected chi connectivity index (χ3v) is 3.08. The van der Waals surface area contributed by atoms with Crippen LogP contribution in [0.1, 0.15) is 19.3 Å². The maximum Gasteiger partial charge on any atom is 0.419 e. The quantitative estimate of drug-likeness (QED) is 0.447. The van der Waals surface area contributed by atoms with Gasteiger partial charge in [0.25, 0.3) is 0 Å². The van der Waals surface area contributed by atoms with Crippen LogP contribution in [0.4, 0.5) is 4.79 Å². The van der Waals surface area contributed by atoms with Crippen molar-refractivity contribution in [3.63, 3.8) is 0 Å². The Balaban J connectivity index is 2.08. The van der Waals surface area contributed by atoms with Crippen LogP contribution in [-0.4, -0.2) is 27.7 Å². The van der Waals surface area contributed by atoms with Crippen molar-refractivity contribution < 1.29 is 14.1 Å². The first kappa shape index (κ1) is 7.24. The average molecular weight is 175 g/mol. The largest absolute Gasteiger partial charge is 0.464 e. The van der Waals surface area contributed by atoms with Crippen molar-refractivity contribution in [1.29, 1.82) is 0 Å². The van der Waals surface area contributed by atoms with Gasteiger partial charge in [-0.15, -0.1) is 0 Å². The van der Waals surface area contributed by atoms with E-state index >= 15 is 0 Å². The summed E-state index contributed by atoms with van der Waals surface area (Å²) in [7, 11) is 0. The van der Waals surface area contributed by atoms with Gasteiger partial charge < -0.3 is 5.11 Å². The molecule has 0 aromatic carbocycles.